The van der Waals surface area contributed by atoms with Crippen LogP contribution >= 0.6 is 11.8 Å². The fourth-order valence-corrected chi connectivity index (χ4v) is 4.70. The van der Waals surface area contributed by atoms with Gasteiger partial charge >= 0.3 is 5.97 Å². The Morgan fingerprint density at radius 3 is 2.38 bits per heavy atom. The van der Waals surface area contributed by atoms with Crippen molar-refractivity contribution in [1.82, 2.24) is 4.57 Å². The standard InChI is InChI=1S/C25H22N2O4S/c1-15-12-18(24(29)31-4)10-11-21(15)26-16(2)13-19(17(26)3)14-22-23(28)27(25(30)32-22)20-8-6-5-7-9-20/h5-14H,1-4H3/b22-14-. The van der Waals surface area contributed by atoms with E-state index in [1.165, 1.54) is 12.0 Å². The number of imide groups is 1. The average molecular weight is 447 g/mol. The molecule has 2 heterocycles. The Kier molecular flexibility index (Phi) is 5.76. The van der Waals surface area contributed by atoms with Crippen molar-refractivity contribution >= 4 is 40.6 Å². The fourth-order valence-electron chi connectivity index (χ4n) is 3.86. The fraction of sp³-hybridized carbons (Fsp3) is 0.160. The lowest BCUT2D eigenvalue weighted by molar-refractivity contribution is -0.113. The third kappa shape index (κ3) is 3.76. The van der Waals surface area contributed by atoms with E-state index in [2.05, 4.69) is 4.57 Å². The summed E-state index contributed by atoms with van der Waals surface area (Å²) in [6.07, 6.45) is 1.77. The van der Waals surface area contributed by atoms with Gasteiger partial charge in [-0.3, -0.25) is 9.59 Å². The minimum atomic E-state index is -0.379. The number of carbonyl (C=O) groups is 3. The van der Waals surface area contributed by atoms with E-state index in [-0.39, 0.29) is 17.1 Å². The maximum Gasteiger partial charge on any atom is 0.337 e. The first-order valence-electron chi connectivity index (χ1n) is 10.0. The van der Waals surface area contributed by atoms with E-state index in [0.717, 1.165) is 40.0 Å². The number of thioether (sulfide) groups is 1. The van der Waals surface area contributed by atoms with Crippen molar-refractivity contribution < 1.29 is 19.1 Å². The summed E-state index contributed by atoms with van der Waals surface area (Å²) in [5.74, 6) is -0.704. The highest BCUT2D eigenvalue weighted by molar-refractivity contribution is 8.19. The van der Waals surface area contributed by atoms with Crippen LogP contribution in [-0.2, 0) is 9.53 Å². The Bertz CT molecular complexity index is 1270. The van der Waals surface area contributed by atoms with Gasteiger partial charge in [0.2, 0.25) is 0 Å². The van der Waals surface area contributed by atoms with E-state index < -0.39 is 0 Å². The molecular formula is C25H22N2O4S. The molecular weight excluding hydrogens is 424 g/mol. The summed E-state index contributed by atoms with van der Waals surface area (Å²) in [4.78, 5) is 38.9. The highest BCUT2D eigenvalue weighted by Gasteiger charge is 2.36. The second kappa shape index (κ2) is 8.51. The van der Waals surface area contributed by atoms with Gasteiger partial charge in [0.15, 0.2) is 0 Å². The lowest BCUT2D eigenvalue weighted by atomic mass is 10.1. The van der Waals surface area contributed by atoms with Gasteiger partial charge in [-0.15, -0.1) is 0 Å². The van der Waals surface area contributed by atoms with Crippen LogP contribution in [0.5, 0.6) is 0 Å². The molecule has 2 amide bonds. The van der Waals surface area contributed by atoms with Crippen LogP contribution < -0.4 is 4.90 Å². The van der Waals surface area contributed by atoms with Crippen molar-refractivity contribution in [3.63, 3.8) is 0 Å². The van der Waals surface area contributed by atoms with E-state index in [4.69, 9.17) is 4.74 Å². The van der Waals surface area contributed by atoms with E-state index in [1.54, 1.807) is 42.5 Å². The first-order chi connectivity index (χ1) is 15.3. The predicted molar refractivity (Wildman–Crippen MR) is 126 cm³/mol. The van der Waals surface area contributed by atoms with Crippen molar-refractivity contribution in [2.75, 3.05) is 12.0 Å². The van der Waals surface area contributed by atoms with Crippen LogP contribution in [0.4, 0.5) is 10.5 Å². The molecule has 1 saturated heterocycles. The van der Waals surface area contributed by atoms with Crippen molar-refractivity contribution in [3.05, 3.63) is 87.6 Å². The highest BCUT2D eigenvalue weighted by atomic mass is 32.2. The molecule has 0 spiro atoms. The maximum absolute atomic E-state index is 12.9. The molecule has 0 atom stereocenters. The highest BCUT2D eigenvalue weighted by Crippen LogP contribution is 2.36. The number of aryl methyl sites for hydroxylation is 2. The third-order valence-corrected chi connectivity index (χ3v) is 6.29. The predicted octanol–water partition coefficient (Wildman–Crippen LogP) is 5.43. The summed E-state index contributed by atoms with van der Waals surface area (Å²) >= 11 is 0.940. The number of hydrogen-bond acceptors (Lipinski definition) is 5. The molecule has 1 aliphatic rings. The molecule has 1 aromatic heterocycles. The number of amides is 2. The molecule has 0 saturated carbocycles. The van der Waals surface area contributed by atoms with Crippen molar-refractivity contribution in [1.29, 1.82) is 0 Å². The van der Waals surface area contributed by atoms with Crippen LogP contribution in [0.2, 0.25) is 0 Å². The van der Waals surface area contributed by atoms with Gasteiger partial charge in [-0.1, -0.05) is 18.2 Å². The van der Waals surface area contributed by atoms with Gasteiger partial charge in [-0.05, 0) is 86.1 Å². The Hall–Kier alpha value is -3.58. The van der Waals surface area contributed by atoms with Crippen LogP contribution in [0.3, 0.4) is 0 Å². The molecule has 0 unspecified atom stereocenters. The number of carbonyl (C=O) groups excluding carboxylic acids is 3. The molecule has 6 nitrogen and oxygen atoms in total. The number of benzene rings is 2. The van der Waals surface area contributed by atoms with E-state index in [1.807, 2.05) is 39.0 Å². The first kappa shape index (κ1) is 21.6. The zero-order chi connectivity index (χ0) is 23.0. The number of hydrogen-bond donors (Lipinski definition) is 0. The minimum Gasteiger partial charge on any atom is -0.465 e. The minimum absolute atomic E-state index is 0.310. The Balaban J connectivity index is 1.70. The van der Waals surface area contributed by atoms with Crippen LogP contribution in [0, 0.1) is 20.8 Å². The Morgan fingerprint density at radius 2 is 1.72 bits per heavy atom. The number of para-hydroxylation sites is 1. The van der Waals surface area contributed by atoms with Gasteiger partial charge < -0.3 is 9.30 Å². The monoisotopic (exact) mass is 446 g/mol. The number of rotatable bonds is 4. The number of ether oxygens (including phenoxy) is 1. The van der Waals surface area contributed by atoms with Gasteiger partial charge in [0.05, 0.1) is 23.3 Å². The third-order valence-electron chi connectivity index (χ3n) is 5.42. The lowest BCUT2D eigenvalue weighted by Gasteiger charge is -2.14. The van der Waals surface area contributed by atoms with Gasteiger partial charge in [-0.2, -0.15) is 0 Å². The zero-order valence-corrected chi connectivity index (χ0v) is 19.0. The maximum atomic E-state index is 12.9. The summed E-state index contributed by atoms with van der Waals surface area (Å²) in [7, 11) is 1.36. The summed E-state index contributed by atoms with van der Waals surface area (Å²) in [5, 5.41) is -0.310. The average Bonchev–Trinajstić information content (AvgIpc) is 3.22. The molecule has 2 aromatic carbocycles. The molecule has 0 radical (unpaired) electrons. The van der Waals surface area contributed by atoms with E-state index in [0.29, 0.717) is 16.2 Å². The topological polar surface area (TPSA) is 68.6 Å². The molecule has 162 valence electrons. The molecule has 1 fully saturated rings. The van der Waals surface area contributed by atoms with Gasteiger partial charge in [-0.25, -0.2) is 9.69 Å². The van der Waals surface area contributed by atoms with E-state index in [9.17, 15) is 14.4 Å². The number of esters is 1. The van der Waals surface area contributed by atoms with Crippen LogP contribution in [0.15, 0.2) is 59.5 Å². The number of nitrogens with zero attached hydrogens (tertiary/aromatic N) is 2. The largest absolute Gasteiger partial charge is 0.465 e. The molecule has 1 aliphatic heterocycles. The molecule has 4 rings (SSSR count). The van der Waals surface area contributed by atoms with Crippen LogP contribution in [0.1, 0.15) is 32.9 Å². The summed E-state index contributed by atoms with van der Waals surface area (Å²) in [6, 6.07) is 16.3. The first-order valence-corrected chi connectivity index (χ1v) is 10.8. The van der Waals surface area contributed by atoms with Gasteiger partial charge in [0.25, 0.3) is 11.1 Å². The van der Waals surface area contributed by atoms with Gasteiger partial charge in [0.1, 0.15) is 0 Å². The number of anilines is 1. The Labute approximate surface area is 190 Å². The van der Waals surface area contributed by atoms with Crippen molar-refractivity contribution in [3.8, 4) is 5.69 Å². The second-order valence-corrected chi connectivity index (χ2v) is 8.50. The number of aromatic nitrogens is 1. The molecule has 0 aliphatic carbocycles. The summed E-state index contributed by atoms with van der Waals surface area (Å²) in [6.45, 7) is 5.88. The smallest absolute Gasteiger partial charge is 0.337 e. The van der Waals surface area contributed by atoms with E-state index >= 15 is 0 Å². The van der Waals surface area contributed by atoms with Crippen LogP contribution in [-0.4, -0.2) is 28.8 Å². The summed E-state index contributed by atoms with van der Waals surface area (Å²) in [5.41, 5.74) is 5.68. The van der Waals surface area contributed by atoms with Crippen LogP contribution in [0.25, 0.3) is 11.8 Å². The number of methoxy groups -OCH3 is 1. The molecule has 0 N–H and O–H groups in total. The zero-order valence-electron chi connectivity index (χ0n) is 18.2. The normalized spacial score (nSPS) is 15.0. The molecule has 3 aromatic rings. The lowest BCUT2D eigenvalue weighted by Crippen LogP contribution is -2.27. The second-order valence-electron chi connectivity index (χ2n) is 7.51. The molecule has 0 bridgehead atoms. The van der Waals surface area contributed by atoms with Crippen molar-refractivity contribution in [2.24, 2.45) is 0 Å². The summed E-state index contributed by atoms with van der Waals surface area (Å²) < 4.78 is 6.88. The van der Waals surface area contributed by atoms with Gasteiger partial charge in [0, 0.05) is 17.1 Å². The molecule has 32 heavy (non-hydrogen) atoms. The SMILES string of the molecule is COC(=O)c1ccc(-n2c(C)cc(/C=C3\SC(=O)N(c4ccccc4)C3=O)c2C)c(C)c1. The van der Waals surface area contributed by atoms with Crippen molar-refractivity contribution in [2.45, 2.75) is 20.8 Å². The quantitative estimate of drug-likeness (QED) is 0.395. The Morgan fingerprint density at radius 1 is 1.00 bits per heavy atom. The molecule has 7 heteroatoms.